The summed E-state index contributed by atoms with van der Waals surface area (Å²) in [7, 11) is 0. The van der Waals surface area contributed by atoms with Gasteiger partial charge in [0.2, 0.25) is 0 Å². The Balaban J connectivity index is 2.19. The smallest absolute Gasteiger partial charge is 0.277 e. The number of anilines is 2. The van der Waals surface area contributed by atoms with Crippen LogP contribution in [0.25, 0.3) is 0 Å². The van der Waals surface area contributed by atoms with E-state index in [0.29, 0.717) is 17.1 Å². The van der Waals surface area contributed by atoms with Gasteiger partial charge >= 0.3 is 0 Å². The fraction of sp³-hybridized carbons (Fsp3) is 0.278. The van der Waals surface area contributed by atoms with E-state index in [2.05, 4.69) is 33.4 Å². The SMILES string of the molecule is CCCC(O)CONC(=O)c1cc(F)c(F)cc1Nc1ccc(I)cc1Cl. The molecule has 0 aliphatic rings. The molecule has 0 spiro atoms. The van der Waals surface area contributed by atoms with Crippen LogP contribution in [0.4, 0.5) is 20.2 Å². The third-order valence-electron chi connectivity index (χ3n) is 3.57. The number of carbonyl (C=O) groups is 1. The lowest BCUT2D eigenvalue weighted by Crippen LogP contribution is -2.29. The predicted octanol–water partition coefficient (Wildman–Crippen LogP) is 4.79. The lowest BCUT2D eigenvalue weighted by molar-refractivity contribution is -0.0149. The summed E-state index contributed by atoms with van der Waals surface area (Å²) in [6.45, 7) is 1.78. The number of hydroxylamine groups is 1. The van der Waals surface area contributed by atoms with Gasteiger partial charge in [-0.05, 0) is 53.3 Å². The first kappa shape index (κ1) is 21.8. The maximum absolute atomic E-state index is 13.7. The number of aliphatic hydroxyl groups excluding tert-OH is 1. The molecule has 9 heteroatoms. The van der Waals surface area contributed by atoms with E-state index in [1.165, 1.54) is 0 Å². The van der Waals surface area contributed by atoms with Crippen molar-refractivity contribution in [3.63, 3.8) is 0 Å². The van der Waals surface area contributed by atoms with Gasteiger partial charge in [0.05, 0.1) is 28.1 Å². The van der Waals surface area contributed by atoms with Crippen LogP contribution >= 0.6 is 34.2 Å². The molecule has 2 aromatic rings. The highest BCUT2D eigenvalue weighted by Crippen LogP contribution is 2.30. The molecule has 0 fully saturated rings. The standard InChI is InChI=1S/C18H18ClF2IN2O3/c1-2-3-11(25)9-27-24-18(26)12-7-14(20)15(21)8-17(12)23-16-5-4-10(22)6-13(16)19/h4-8,11,23,25H,2-3,9H2,1H3,(H,24,26). The van der Waals surface area contributed by atoms with Gasteiger partial charge in [0, 0.05) is 9.64 Å². The van der Waals surface area contributed by atoms with Gasteiger partial charge in [0.15, 0.2) is 11.6 Å². The van der Waals surface area contributed by atoms with Crippen molar-refractivity contribution in [1.82, 2.24) is 5.48 Å². The molecular formula is C18H18ClF2IN2O3. The van der Waals surface area contributed by atoms with Crippen LogP contribution in [0.5, 0.6) is 0 Å². The van der Waals surface area contributed by atoms with Crippen LogP contribution in [0.1, 0.15) is 30.1 Å². The number of nitrogens with one attached hydrogen (secondary N) is 2. The summed E-state index contributed by atoms with van der Waals surface area (Å²) in [6, 6.07) is 6.74. The molecule has 1 unspecified atom stereocenters. The number of hydrogen-bond donors (Lipinski definition) is 3. The predicted molar refractivity (Wildman–Crippen MR) is 108 cm³/mol. The van der Waals surface area contributed by atoms with Gasteiger partial charge < -0.3 is 10.4 Å². The third-order valence-corrected chi connectivity index (χ3v) is 4.55. The van der Waals surface area contributed by atoms with Crippen LogP contribution in [0, 0.1) is 15.2 Å². The van der Waals surface area contributed by atoms with E-state index in [1.807, 2.05) is 6.92 Å². The maximum Gasteiger partial charge on any atom is 0.277 e. The molecular weight excluding hydrogens is 493 g/mol. The molecule has 2 aromatic carbocycles. The van der Waals surface area contributed by atoms with Crippen molar-refractivity contribution in [2.24, 2.45) is 0 Å². The molecule has 0 aliphatic heterocycles. The molecule has 2 rings (SSSR count). The van der Waals surface area contributed by atoms with Gasteiger partial charge in [0.25, 0.3) is 5.91 Å². The molecule has 0 aromatic heterocycles. The highest BCUT2D eigenvalue weighted by molar-refractivity contribution is 14.1. The van der Waals surface area contributed by atoms with E-state index in [1.54, 1.807) is 18.2 Å². The summed E-state index contributed by atoms with van der Waals surface area (Å²) in [5.74, 6) is -3.08. The van der Waals surface area contributed by atoms with Crippen molar-refractivity contribution in [2.45, 2.75) is 25.9 Å². The van der Waals surface area contributed by atoms with Crippen LogP contribution in [-0.4, -0.2) is 23.7 Å². The Morgan fingerprint density at radius 2 is 1.96 bits per heavy atom. The topological polar surface area (TPSA) is 70.6 Å². The first-order valence-corrected chi connectivity index (χ1v) is 9.58. The van der Waals surface area contributed by atoms with E-state index in [0.717, 1.165) is 22.1 Å². The summed E-state index contributed by atoms with van der Waals surface area (Å²) in [5, 5.41) is 12.8. The Kier molecular flexibility index (Phi) is 8.21. The minimum atomic E-state index is -1.18. The molecule has 1 amide bonds. The second-order valence-electron chi connectivity index (χ2n) is 5.75. The zero-order chi connectivity index (χ0) is 20.0. The lowest BCUT2D eigenvalue weighted by atomic mass is 10.1. The molecule has 0 saturated carbocycles. The Morgan fingerprint density at radius 3 is 2.63 bits per heavy atom. The van der Waals surface area contributed by atoms with Crippen molar-refractivity contribution in [3.8, 4) is 0 Å². The Bertz CT molecular complexity index is 823. The van der Waals surface area contributed by atoms with Gasteiger partial charge in [-0.1, -0.05) is 24.9 Å². The van der Waals surface area contributed by atoms with Crippen molar-refractivity contribution < 1.29 is 23.5 Å². The molecule has 27 heavy (non-hydrogen) atoms. The van der Waals surface area contributed by atoms with Gasteiger partial charge in [-0.15, -0.1) is 0 Å². The normalized spacial score (nSPS) is 11.9. The zero-order valence-electron chi connectivity index (χ0n) is 14.4. The summed E-state index contributed by atoms with van der Waals surface area (Å²) >= 11 is 8.23. The molecule has 0 saturated heterocycles. The van der Waals surface area contributed by atoms with Crippen LogP contribution < -0.4 is 10.8 Å². The minimum Gasteiger partial charge on any atom is -0.391 e. The van der Waals surface area contributed by atoms with Crippen molar-refractivity contribution >= 4 is 51.5 Å². The van der Waals surface area contributed by atoms with Gasteiger partial charge in [-0.2, -0.15) is 0 Å². The molecule has 0 aliphatic carbocycles. The number of amides is 1. The van der Waals surface area contributed by atoms with Gasteiger partial charge in [-0.25, -0.2) is 14.3 Å². The average molecular weight is 511 g/mol. The molecule has 1 atom stereocenters. The number of aliphatic hydroxyl groups is 1. The Morgan fingerprint density at radius 1 is 1.26 bits per heavy atom. The first-order chi connectivity index (χ1) is 12.8. The number of benzene rings is 2. The zero-order valence-corrected chi connectivity index (χ0v) is 17.3. The van der Waals surface area contributed by atoms with Crippen molar-refractivity contribution in [2.75, 3.05) is 11.9 Å². The second kappa shape index (κ2) is 10.2. The Labute approximate surface area is 174 Å². The summed E-state index contributed by atoms with van der Waals surface area (Å²) in [4.78, 5) is 17.3. The first-order valence-electron chi connectivity index (χ1n) is 8.13. The maximum atomic E-state index is 13.7. The fourth-order valence-electron chi connectivity index (χ4n) is 2.25. The fourth-order valence-corrected chi connectivity index (χ4v) is 3.15. The molecule has 3 N–H and O–H groups in total. The van der Waals surface area contributed by atoms with E-state index in [4.69, 9.17) is 16.4 Å². The minimum absolute atomic E-state index is 0.0206. The number of rotatable bonds is 8. The van der Waals surface area contributed by atoms with Gasteiger partial charge in [-0.3, -0.25) is 9.63 Å². The van der Waals surface area contributed by atoms with E-state index >= 15 is 0 Å². The van der Waals surface area contributed by atoms with Gasteiger partial charge in [0.1, 0.15) is 6.61 Å². The van der Waals surface area contributed by atoms with Crippen LogP contribution in [-0.2, 0) is 4.84 Å². The molecule has 5 nitrogen and oxygen atoms in total. The van der Waals surface area contributed by atoms with E-state index < -0.39 is 23.6 Å². The third kappa shape index (κ3) is 6.27. The summed E-state index contributed by atoms with van der Waals surface area (Å²) < 4.78 is 28.2. The Hall–Kier alpha value is -1.49. The molecule has 0 radical (unpaired) electrons. The average Bonchev–Trinajstić information content (AvgIpc) is 2.60. The second-order valence-corrected chi connectivity index (χ2v) is 7.40. The van der Waals surface area contributed by atoms with Crippen molar-refractivity contribution in [1.29, 1.82) is 0 Å². The van der Waals surface area contributed by atoms with Crippen molar-refractivity contribution in [3.05, 3.63) is 56.1 Å². The van der Waals surface area contributed by atoms with Crippen LogP contribution in [0.2, 0.25) is 5.02 Å². The molecule has 146 valence electrons. The van der Waals surface area contributed by atoms with Crippen LogP contribution in [0.3, 0.4) is 0 Å². The lowest BCUT2D eigenvalue weighted by Gasteiger charge is -2.15. The largest absolute Gasteiger partial charge is 0.391 e. The highest BCUT2D eigenvalue weighted by atomic mass is 127. The van der Waals surface area contributed by atoms with E-state index in [-0.39, 0.29) is 17.9 Å². The number of halogens is 4. The monoisotopic (exact) mass is 510 g/mol. The molecule has 0 bridgehead atoms. The number of hydrogen-bond acceptors (Lipinski definition) is 4. The van der Waals surface area contributed by atoms with Crippen LogP contribution in [0.15, 0.2) is 30.3 Å². The molecule has 0 heterocycles. The number of carbonyl (C=O) groups excluding carboxylic acids is 1. The summed E-state index contributed by atoms with van der Waals surface area (Å²) in [5.41, 5.74) is 2.40. The highest BCUT2D eigenvalue weighted by Gasteiger charge is 2.18. The summed E-state index contributed by atoms with van der Waals surface area (Å²) in [6.07, 6.45) is 0.537. The van der Waals surface area contributed by atoms with E-state index in [9.17, 15) is 18.7 Å². The quantitative estimate of drug-likeness (QED) is 0.353.